The molecule has 0 saturated carbocycles. The number of aromatic nitrogens is 2. The van der Waals surface area contributed by atoms with Crippen molar-refractivity contribution in [1.82, 2.24) is 15.5 Å². The first-order chi connectivity index (χ1) is 11.0. The summed E-state index contributed by atoms with van der Waals surface area (Å²) in [5, 5.41) is 6.46. The molecule has 3 rings (SSSR count). The van der Waals surface area contributed by atoms with Gasteiger partial charge in [0, 0.05) is 12.5 Å². The fraction of sp³-hybridized carbons (Fsp3) is 0.188. The number of nitrogens with zero attached hydrogens (tertiary/aromatic N) is 2. The van der Waals surface area contributed by atoms with E-state index in [-0.39, 0.29) is 17.1 Å². The molecule has 0 bridgehead atoms. The molecule has 1 N–H and O–H groups in total. The van der Waals surface area contributed by atoms with E-state index in [2.05, 4.69) is 15.5 Å². The Kier molecular flexibility index (Phi) is 3.92. The van der Waals surface area contributed by atoms with Gasteiger partial charge in [-0.3, -0.25) is 4.79 Å². The Morgan fingerprint density at radius 2 is 2.00 bits per heavy atom. The predicted molar refractivity (Wildman–Crippen MR) is 78.2 cm³/mol. The minimum atomic E-state index is -0.883. The van der Waals surface area contributed by atoms with Gasteiger partial charge < -0.3 is 14.3 Å². The summed E-state index contributed by atoms with van der Waals surface area (Å²) in [6.07, 6.45) is 0. The van der Waals surface area contributed by atoms with Crippen LogP contribution in [0.4, 0.5) is 4.39 Å². The van der Waals surface area contributed by atoms with Crippen molar-refractivity contribution < 1.29 is 18.1 Å². The highest BCUT2D eigenvalue weighted by Gasteiger charge is 2.26. The summed E-state index contributed by atoms with van der Waals surface area (Å²) >= 11 is 0. The highest BCUT2D eigenvalue weighted by molar-refractivity contribution is 5.92. The minimum absolute atomic E-state index is 0.129. The SMILES string of the molecule is Cc1ccc(C(=O)N[C@@H](c2noc(C)n2)c2ccccc2F)o1. The number of aryl methyl sites for hydroxylation is 2. The van der Waals surface area contributed by atoms with Gasteiger partial charge in [0.15, 0.2) is 11.6 Å². The van der Waals surface area contributed by atoms with Crippen molar-refractivity contribution in [3.05, 3.63) is 71.0 Å². The first-order valence-electron chi connectivity index (χ1n) is 6.96. The molecule has 23 heavy (non-hydrogen) atoms. The summed E-state index contributed by atoms with van der Waals surface area (Å²) in [5.74, 6) is 0.260. The maximum absolute atomic E-state index is 14.1. The molecule has 1 atom stereocenters. The van der Waals surface area contributed by atoms with Gasteiger partial charge in [0.2, 0.25) is 5.89 Å². The Hall–Kier alpha value is -2.96. The lowest BCUT2D eigenvalue weighted by atomic mass is 10.1. The molecule has 1 amide bonds. The quantitative estimate of drug-likeness (QED) is 0.800. The van der Waals surface area contributed by atoms with Crippen LogP contribution in [0.15, 0.2) is 45.3 Å². The molecule has 0 aliphatic heterocycles. The lowest BCUT2D eigenvalue weighted by Gasteiger charge is -2.15. The number of benzene rings is 1. The number of rotatable bonds is 4. The van der Waals surface area contributed by atoms with E-state index in [1.807, 2.05) is 0 Å². The van der Waals surface area contributed by atoms with E-state index in [0.29, 0.717) is 11.7 Å². The number of carbonyl (C=O) groups is 1. The Bertz CT molecular complexity index is 840. The van der Waals surface area contributed by atoms with E-state index in [1.54, 1.807) is 44.2 Å². The highest BCUT2D eigenvalue weighted by atomic mass is 19.1. The van der Waals surface area contributed by atoms with Crippen LogP contribution in [0.3, 0.4) is 0 Å². The van der Waals surface area contributed by atoms with E-state index in [9.17, 15) is 9.18 Å². The number of halogens is 1. The van der Waals surface area contributed by atoms with Crippen LogP contribution in [0.1, 0.15) is 39.6 Å². The van der Waals surface area contributed by atoms with Crippen molar-refractivity contribution in [2.45, 2.75) is 19.9 Å². The van der Waals surface area contributed by atoms with Crippen molar-refractivity contribution in [1.29, 1.82) is 0 Å². The summed E-state index contributed by atoms with van der Waals surface area (Å²) < 4.78 is 24.4. The van der Waals surface area contributed by atoms with E-state index >= 15 is 0 Å². The van der Waals surface area contributed by atoms with E-state index in [1.165, 1.54) is 6.07 Å². The van der Waals surface area contributed by atoms with Crippen LogP contribution in [-0.4, -0.2) is 16.0 Å². The molecule has 0 aliphatic rings. The van der Waals surface area contributed by atoms with Gasteiger partial charge in [0.1, 0.15) is 17.6 Å². The highest BCUT2D eigenvalue weighted by Crippen LogP contribution is 2.23. The average molecular weight is 315 g/mol. The van der Waals surface area contributed by atoms with Crippen LogP contribution >= 0.6 is 0 Å². The summed E-state index contributed by atoms with van der Waals surface area (Å²) in [6, 6.07) is 8.43. The lowest BCUT2D eigenvalue weighted by Crippen LogP contribution is -2.30. The number of carbonyl (C=O) groups excluding carboxylic acids is 1. The first kappa shape index (κ1) is 15.0. The lowest BCUT2D eigenvalue weighted by molar-refractivity contribution is 0.0911. The molecule has 0 radical (unpaired) electrons. The molecule has 2 aromatic heterocycles. The first-order valence-corrected chi connectivity index (χ1v) is 6.96. The van der Waals surface area contributed by atoms with Gasteiger partial charge in [0.25, 0.3) is 5.91 Å². The van der Waals surface area contributed by atoms with Gasteiger partial charge in [-0.25, -0.2) is 4.39 Å². The number of hydrogen-bond acceptors (Lipinski definition) is 5. The normalized spacial score (nSPS) is 12.1. The van der Waals surface area contributed by atoms with Crippen molar-refractivity contribution >= 4 is 5.91 Å². The summed E-state index contributed by atoms with van der Waals surface area (Å²) in [7, 11) is 0. The van der Waals surface area contributed by atoms with Crippen LogP contribution in [0, 0.1) is 19.7 Å². The van der Waals surface area contributed by atoms with Gasteiger partial charge in [0.05, 0.1) is 0 Å². The van der Waals surface area contributed by atoms with Gasteiger partial charge in [-0.2, -0.15) is 4.98 Å². The van der Waals surface area contributed by atoms with Crippen molar-refractivity contribution in [3.8, 4) is 0 Å². The third kappa shape index (κ3) is 3.13. The number of amides is 1. The monoisotopic (exact) mass is 315 g/mol. The Labute approximate surface area is 131 Å². The topological polar surface area (TPSA) is 81.2 Å². The molecule has 118 valence electrons. The number of hydrogen-bond donors (Lipinski definition) is 1. The molecule has 0 unspecified atom stereocenters. The standard InChI is InChI=1S/C16H14FN3O3/c1-9-7-8-13(22-9)16(21)19-14(15-18-10(2)23-20-15)11-5-3-4-6-12(11)17/h3-8,14H,1-2H3,(H,19,21)/t14-/m1/s1. The zero-order valence-electron chi connectivity index (χ0n) is 12.5. The second-order valence-corrected chi connectivity index (χ2v) is 5.01. The van der Waals surface area contributed by atoms with Crippen LogP contribution in [0.25, 0.3) is 0 Å². The number of furan rings is 1. The van der Waals surface area contributed by atoms with Gasteiger partial charge in [-0.1, -0.05) is 23.4 Å². The Morgan fingerprint density at radius 3 is 2.61 bits per heavy atom. The Balaban J connectivity index is 1.96. The number of nitrogens with one attached hydrogen (secondary N) is 1. The maximum atomic E-state index is 14.1. The Morgan fingerprint density at radius 1 is 1.22 bits per heavy atom. The third-order valence-corrected chi connectivity index (χ3v) is 3.26. The van der Waals surface area contributed by atoms with Gasteiger partial charge in [-0.15, -0.1) is 0 Å². The molecule has 0 fully saturated rings. The van der Waals surface area contributed by atoms with Crippen molar-refractivity contribution in [2.75, 3.05) is 0 Å². The van der Waals surface area contributed by atoms with Crippen molar-refractivity contribution in [2.24, 2.45) is 0 Å². The predicted octanol–water partition coefficient (Wildman–Crippen LogP) is 2.94. The van der Waals surface area contributed by atoms with E-state index in [0.717, 1.165) is 0 Å². The van der Waals surface area contributed by atoms with Gasteiger partial charge >= 0.3 is 0 Å². The summed E-state index contributed by atoms with van der Waals surface area (Å²) in [6.45, 7) is 3.35. The van der Waals surface area contributed by atoms with E-state index in [4.69, 9.17) is 8.94 Å². The molecule has 2 heterocycles. The fourth-order valence-corrected chi connectivity index (χ4v) is 2.18. The minimum Gasteiger partial charge on any atom is -0.456 e. The molecular formula is C16H14FN3O3. The van der Waals surface area contributed by atoms with Crippen LogP contribution < -0.4 is 5.32 Å². The molecule has 6 nitrogen and oxygen atoms in total. The second kappa shape index (κ2) is 6.04. The molecular weight excluding hydrogens is 301 g/mol. The van der Waals surface area contributed by atoms with Crippen LogP contribution in [-0.2, 0) is 0 Å². The zero-order valence-corrected chi connectivity index (χ0v) is 12.5. The van der Waals surface area contributed by atoms with E-state index < -0.39 is 17.8 Å². The molecule has 7 heteroatoms. The summed E-state index contributed by atoms with van der Waals surface area (Å²) in [5.41, 5.74) is 0.241. The van der Waals surface area contributed by atoms with Crippen LogP contribution in [0.2, 0.25) is 0 Å². The zero-order chi connectivity index (χ0) is 16.4. The fourth-order valence-electron chi connectivity index (χ4n) is 2.18. The smallest absolute Gasteiger partial charge is 0.287 e. The average Bonchev–Trinajstić information content (AvgIpc) is 3.14. The molecule has 0 spiro atoms. The van der Waals surface area contributed by atoms with Crippen molar-refractivity contribution in [3.63, 3.8) is 0 Å². The molecule has 1 aromatic carbocycles. The molecule has 0 aliphatic carbocycles. The maximum Gasteiger partial charge on any atom is 0.287 e. The second-order valence-electron chi connectivity index (χ2n) is 5.01. The summed E-state index contributed by atoms with van der Waals surface area (Å²) in [4.78, 5) is 16.4. The van der Waals surface area contributed by atoms with Gasteiger partial charge in [-0.05, 0) is 25.1 Å². The van der Waals surface area contributed by atoms with Crippen LogP contribution in [0.5, 0.6) is 0 Å². The molecule has 0 saturated heterocycles. The largest absolute Gasteiger partial charge is 0.456 e. The third-order valence-electron chi connectivity index (χ3n) is 3.26. The molecule has 3 aromatic rings.